The topological polar surface area (TPSA) is 37.8 Å². The van der Waals surface area contributed by atoms with Gasteiger partial charge in [0.05, 0.1) is 6.20 Å². The third-order valence-corrected chi connectivity index (χ3v) is 3.44. The summed E-state index contributed by atoms with van der Waals surface area (Å²) in [4.78, 5) is 8.33. The van der Waals surface area contributed by atoms with E-state index < -0.39 is 0 Å². The first-order chi connectivity index (χ1) is 7.54. The Kier molecular flexibility index (Phi) is 5.22. The molecule has 0 saturated carbocycles. The van der Waals surface area contributed by atoms with E-state index in [0.717, 1.165) is 17.3 Å². The first-order valence-electron chi connectivity index (χ1n) is 5.66. The van der Waals surface area contributed by atoms with Crippen LogP contribution in [0.3, 0.4) is 0 Å². The summed E-state index contributed by atoms with van der Waals surface area (Å²) in [6.07, 6.45) is 5.26. The van der Waals surface area contributed by atoms with Crippen molar-refractivity contribution >= 4 is 11.8 Å². The Bertz CT molecular complexity index is 295. The molecule has 1 rings (SSSR count). The van der Waals surface area contributed by atoms with Crippen molar-refractivity contribution in [1.29, 1.82) is 0 Å². The molecular weight excluding hydrogens is 218 g/mol. The second-order valence-corrected chi connectivity index (χ2v) is 5.87. The van der Waals surface area contributed by atoms with Crippen LogP contribution in [0.1, 0.15) is 27.7 Å². The Morgan fingerprint density at radius 1 is 1.38 bits per heavy atom. The van der Waals surface area contributed by atoms with Crippen molar-refractivity contribution in [2.45, 2.75) is 38.8 Å². The van der Waals surface area contributed by atoms with Crippen LogP contribution in [0.2, 0.25) is 0 Å². The van der Waals surface area contributed by atoms with Gasteiger partial charge in [0.25, 0.3) is 0 Å². The summed E-state index contributed by atoms with van der Waals surface area (Å²) in [6, 6.07) is 0.490. The molecule has 1 heterocycles. The van der Waals surface area contributed by atoms with Crippen LogP contribution in [0.25, 0.3) is 0 Å². The van der Waals surface area contributed by atoms with Gasteiger partial charge in [-0.05, 0) is 12.0 Å². The zero-order valence-electron chi connectivity index (χ0n) is 10.5. The zero-order valence-corrected chi connectivity index (χ0v) is 11.3. The molecule has 1 unspecified atom stereocenters. The predicted octanol–water partition coefficient (Wildman–Crippen LogP) is 2.59. The molecule has 0 aliphatic carbocycles. The highest BCUT2D eigenvalue weighted by Crippen LogP contribution is 2.25. The number of aromatic nitrogens is 2. The number of thioether (sulfide) groups is 1. The van der Waals surface area contributed by atoms with Gasteiger partial charge in [0, 0.05) is 24.2 Å². The van der Waals surface area contributed by atoms with Gasteiger partial charge in [-0.1, -0.05) is 27.7 Å². The minimum atomic E-state index is 0.269. The molecule has 1 aromatic heterocycles. The van der Waals surface area contributed by atoms with Crippen molar-refractivity contribution in [3.8, 4) is 0 Å². The van der Waals surface area contributed by atoms with E-state index in [4.69, 9.17) is 0 Å². The van der Waals surface area contributed by atoms with Crippen LogP contribution in [0, 0.1) is 5.41 Å². The van der Waals surface area contributed by atoms with Gasteiger partial charge in [0.2, 0.25) is 0 Å². The Morgan fingerprint density at radius 2 is 2.12 bits per heavy atom. The minimum absolute atomic E-state index is 0.269. The summed E-state index contributed by atoms with van der Waals surface area (Å²) in [5.74, 6) is 1.02. The molecule has 16 heavy (non-hydrogen) atoms. The molecule has 0 aliphatic heterocycles. The molecule has 0 bridgehead atoms. The lowest BCUT2D eigenvalue weighted by molar-refractivity contribution is 0.295. The van der Waals surface area contributed by atoms with Crippen LogP contribution in [0.4, 0.5) is 0 Å². The van der Waals surface area contributed by atoms with Gasteiger partial charge in [-0.3, -0.25) is 4.98 Å². The highest BCUT2D eigenvalue weighted by Gasteiger charge is 2.23. The van der Waals surface area contributed by atoms with Crippen molar-refractivity contribution in [2.24, 2.45) is 5.41 Å². The highest BCUT2D eigenvalue weighted by atomic mass is 32.2. The number of rotatable bonds is 5. The van der Waals surface area contributed by atoms with Crippen LogP contribution < -0.4 is 5.32 Å². The lowest BCUT2D eigenvalue weighted by Crippen LogP contribution is -2.42. The summed E-state index contributed by atoms with van der Waals surface area (Å²) in [5, 5.41) is 4.52. The molecule has 1 atom stereocenters. The third kappa shape index (κ3) is 4.49. The maximum atomic E-state index is 4.27. The van der Waals surface area contributed by atoms with Gasteiger partial charge < -0.3 is 5.32 Å². The zero-order chi connectivity index (χ0) is 12.0. The Balaban J connectivity index is 2.51. The largest absolute Gasteiger partial charge is 0.313 e. The summed E-state index contributed by atoms with van der Waals surface area (Å²) in [7, 11) is 0. The molecular formula is C12H21N3S. The van der Waals surface area contributed by atoms with Crippen LogP contribution in [0.5, 0.6) is 0 Å². The van der Waals surface area contributed by atoms with Crippen LogP contribution >= 0.6 is 11.8 Å². The molecule has 0 fully saturated rings. The molecule has 3 nitrogen and oxygen atoms in total. The molecule has 0 saturated heterocycles. The lowest BCUT2D eigenvalue weighted by Gasteiger charge is -2.31. The number of hydrogen-bond acceptors (Lipinski definition) is 4. The van der Waals surface area contributed by atoms with E-state index in [1.54, 1.807) is 24.2 Å². The summed E-state index contributed by atoms with van der Waals surface area (Å²) in [5.41, 5.74) is 0.269. The van der Waals surface area contributed by atoms with Gasteiger partial charge in [0.15, 0.2) is 0 Å². The van der Waals surface area contributed by atoms with Crippen LogP contribution in [-0.4, -0.2) is 28.3 Å². The van der Waals surface area contributed by atoms with E-state index in [-0.39, 0.29) is 5.41 Å². The van der Waals surface area contributed by atoms with Gasteiger partial charge in [-0.15, -0.1) is 11.8 Å². The molecule has 90 valence electrons. The van der Waals surface area contributed by atoms with Gasteiger partial charge >= 0.3 is 0 Å². The Labute approximate surface area is 102 Å². The first-order valence-corrected chi connectivity index (χ1v) is 6.64. The van der Waals surface area contributed by atoms with E-state index in [2.05, 4.69) is 43.0 Å². The van der Waals surface area contributed by atoms with Crippen molar-refractivity contribution in [3.05, 3.63) is 18.6 Å². The molecule has 0 aliphatic rings. The Hall–Kier alpha value is -0.610. The van der Waals surface area contributed by atoms with E-state index in [9.17, 15) is 0 Å². The molecule has 0 radical (unpaired) electrons. The molecule has 4 heteroatoms. The fourth-order valence-corrected chi connectivity index (χ4v) is 2.62. The number of nitrogens with one attached hydrogen (secondary N) is 1. The number of hydrogen-bond donors (Lipinski definition) is 1. The van der Waals surface area contributed by atoms with Crippen molar-refractivity contribution < 1.29 is 0 Å². The first kappa shape index (κ1) is 13.5. The fraction of sp³-hybridized carbons (Fsp3) is 0.667. The van der Waals surface area contributed by atoms with Crippen molar-refractivity contribution in [1.82, 2.24) is 15.3 Å². The normalized spacial score (nSPS) is 13.8. The average Bonchev–Trinajstić information content (AvgIpc) is 2.24. The molecule has 1 N–H and O–H groups in total. The standard InChI is InChI=1S/C12H21N3S/c1-5-14-10(12(2,3)4)9-16-11-8-13-6-7-15-11/h6-8,10,14H,5,9H2,1-4H3. The van der Waals surface area contributed by atoms with E-state index in [0.29, 0.717) is 6.04 Å². The summed E-state index contributed by atoms with van der Waals surface area (Å²) >= 11 is 1.76. The second-order valence-electron chi connectivity index (χ2n) is 4.83. The lowest BCUT2D eigenvalue weighted by atomic mass is 9.88. The highest BCUT2D eigenvalue weighted by molar-refractivity contribution is 7.99. The predicted molar refractivity (Wildman–Crippen MR) is 69.7 cm³/mol. The van der Waals surface area contributed by atoms with Gasteiger partial charge in [-0.25, -0.2) is 4.98 Å². The number of nitrogens with zero attached hydrogens (tertiary/aromatic N) is 2. The average molecular weight is 239 g/mol. The van der Waals surface area contributed by atoms with Crippen LogP contribution in [-0.2, 0) is 0 Å². The fourth-order valence-electron chi connectivity index (χ4n) is 1.39. The van der Waals surface area contributed by atoms with E-state index >= 15 is 0 Å². The molecule has 1 aromatic rings. The quantitative estimate of drug-likeness (QED) is 0.802. The Morgan fingerprint density at radius 3 is 2.62 bits per heavy atom. The SMILES string of the molecule is CCNC(CSc1cnccn1)C(C)(C)C. The van der Waals surface area contributed by atoms with E-state index in [1.807, 2.05) is 6.20 Å². The smallest absolute Gasteiger partial charge is 0.114 e. The van der Waals surface area contributed by atoms with Crippen LogP contribution in [0.15, 0.2) is 23.6 Å². The third-order valence-electron chi connectivity index (χ3n) is 2.43. The molecule has 0 amide bonds. The van der Waals surface area contributed by atoms with Gasteiger partial charge in [-0.2, -0.15) is 0 Å². The van der Waals surface area contributed by atoms with Crippen molar-refractivity contribution in [2.75, 3.05) is 12.3 Å². The van der Waals surface area contributed by atoms with Crippen molar-refractivity contribution in [3.63, 3.8) is 0 Å². The molecule has 0 aromatic carbocycles. The maximum absolute atomic E-state index is 4.27. The maximum Gasteiger partial charge on any atom is 0.114 e. The summed E-state index contributed by atoms with van der Waals surface area (Å²) < 4.78 is 0. The second kappa shape index (κ2) is 6.21. The van der Waals surface area contributed by atoms with E-state index in [1.165, 1.54) is 0 Å². The monoisotopic (exact) mass is 239 g/mol. The van der Waals surface area contributed by atoms with Gasteiger partial charge in [0.1, 0.15) is 5.03 Å². The minimum Gasteiger partial charge on any atom is -0.313 e. The molecule has 0 spiro atoms. The summed E-state index contributed by atoms with van der Waals surface area (Å²) in [6.45, 7) is 9.93.